The SMILES string of the molecule is CNCC1(C)CCN(Cc2cc(C)nc3ccccc23)C1. The third-order valence-electron chi connectivity index (χ3n) is 4.56. The number of hydrogen-bond donors (Lipinski definition) is 1. The zero-order chi connectivity index (χ0) is 14.9. The summed E-state index contributed by atoms with van der Waals surface area (Å²) in [4.78, 5) is 7.22. The lowest BCUT2D eigenvalue weighted by molar-refractivity contribution is 0.266. The lowest BCUT2D eigenvalue weighted by Crippen LogP contribution is -2.32. The van der Waals surface area contributed by atoms with Crippen LogP contribution < -0.4 is 5.32 Å². The first kappa shape index (κ1) is 14.5. The second-order valence-electron chi connectivity index (χ2n) is 6.74. The van der Waals surface area contributed by atoms with Crippen molar-refractivity contribution in [3.63, 3.8) is 0 Å². The van der Waals surface area contributed by atoms with Gasteiger partial charge in [-0.05, 0) is 50.0 Å². The highest BCUT2D eigenvalue weighted by Crippen LogP contribution is 2.31. The van der Waals surface area contributed by atoms with Crippen molar-refractivity contribution in [2.45, 2.75) is 26.8 Å². The van der Waals surface area contributed by atoms with Crippen molar-refractivity contribution in [3.05, 3.63) is 41.6 Å². The van der Waals surface area contributed by atoms with Gasteiger partial charge >= 0.3 is 0 Å². The molecule has 0 bridgehead atoms. The van der Waals surface area contributed by atoms with Crippen molar-refractivity contribution < 1.29 is 0 Å². The number of para-hydroxylation sites is 1. The molecule has 3 nitrogen and oxygen atoms in total. The number of benzene rings is 1. The first-order valence-electron chi connectivity index (χ1n) is 7.82. The van der Waals surface area contributed by atoms with Crippen LogP contribution >= 0.6 is 0 Å². The maximum atomic E-state index is 4.64. The van der Waals surface area contributed by atoms with Gasteiger partial charge in [0, 0.05) is 30.7 Å². The molecule has 21 heavy (non-hydrogen) atoms. The highest BCUT2D eigenvalue weighted by Gasteiger charge is 2.33. The van der Waals surface area contributed by atoms with Crippen molar-refractivity contribution in [1.82, 2.24) is 15.2 Å². The summed E-state index contributed by atoms with van der Waals surface area (Å²) in [5.74, 6) is 0. The predicted molar refractivity (Wildman–Crippen MR) is 88.4 cm³/mol. The normalized spacial score (nSPS) is 23.0. The van der Waals surface area contributed by atoms with Crippen molar-refractivity contribution >= 4 is 10.9 Å². The second-order valence-corrected chi connectivity index (χ2v) is 6.74. The van der Waals surface area contributed by atoms with E-state index in [0.29, 0.717) is 5.41 Å². The molecular weight excluding hydrogens is 258 g/mol. The van der Waals surface area contributed by atoms with Crippen LogP contribution in [0.2, 0.25) is 0 Å². The molecule has 0 spiro atoms. The monoisotopic (exact) mass is 283 g/mol. The largest absolute Gasteiger partial charge is 0.319 e. The minimum atomic E-state index is 0.409. The fourth-order valence-corrected chi connectivity index (χ4v) is 3.60. The van der Waals surface area contributed by atoms with Crippen molar-refractivity contribution in [2.24, 2.45) is 5.41 Å². The Morgan fingerprint density at radius 2 is 2.14 bits per heavy atom. The number of rotatable bonds is 4. The van der Waals surface area contributed by atoms with E-state index in [4.69, 9.17) is 0 Å². The molecule has 0 amide bonds. The van der Waals surface area contributed by atoms with Gasteiger partial charge < -0.3 is 5.32 Å². The average Bonchev–Trinajstić information content (AvgIpc) is 2.80. The minimum absolute atomic E-state index is 0.409. The Hall–Kier alpha value is -1.45. The molecule has 0 saturated carbocycles. The maximum absolute atomic E-state index is 4.64. The Morgan fingerprint density at radius 3 is 2.95 bits per heavy atom. The van der Waals surface area contributed by atoms with Gasteiger partial charge in [0.25, 0.3) is 0 Å². The molecule has 1 aliphatic heterocycles. The first-order valence-corrected chi connectivity index (χ1v) is 7.82. The Labute approximate surface area is 127 Å². The van der Waals surface area contributed by atoms with E-state index < -0.39 is 0 Å². The second kappa shape index (κ2) is 5.74. The summed E-state index contributed by atoms with van der Waals surface area (Å²) >= 11 is 0. The zero-order valence-corrected chi connectivity index (χ0v) is 13.3. The summed E-state index contributed by atoms with van der Waals surface area (Å²) < 4.78 is 0. The Balaban J connectivity index is 1.83. The molecule has 0 radical (unpaired) electrons. The van der Waals surface area contributed by atoms with E-state index in [1.54, 1.807) is 0 Å². The standard InChI is InChI=1S/C18H25N3/c1-14-10-15(16-6-4-5-7-17(16)20-14)11-21-9-8-18(2,13-21)12-19-3/h4-7,10,19H,8-9,11-13H2,1-3H3. The van der Waals surface area contributed by atoms with E-state index in [9.17, 15) is 0 Å². The number of nitrogens with one attached hydrogen (secondary N) is 1. The van der Waals surface area contributed by atoms with Crippen molar-refractivity contribution in [2.75, 3.05) is 26.7 Å². The van der Waals surface area contributed by atoms with E-state index in [1.165, 1.54) is 30.5 Å². The number of hydrogen-bond acceptors (Lipinski definition) is 3. The van der Waals surface area contributed by atoms with Crippen molar-refractivity contribution in [3.8, 4) is 0 Å². The fourth-order valence-electron chi connectivity index (χ4n) is 3.60. The summed E-state index contributed by atoms with van der Waals surface area (Å²) in [6.07, 6.45) is 1.27. The molecule has 3 rings (SSSR count). The highest BCUT2D eigenvalue weighted by molar-refractivity contribution is 5.82. The van der Waals surface area contributed by atoms with E-state index in [1.807, 2.05) is 7.05 Å². The van der Waals surface area contributed by atoms with Crippen LogP contribution in [0.5, 0.6) is 0 Å². The minimum Gasteiger partial charge on any atom is -0.319 e. The smallest absolute Gasteiger partial charge is 0.0708 e. The summed E-state index contributed by atoms with van der Waals surface area (Å²) in [6, 6.07) is 10.7. The van der Waals surface area contributed by atoms with Crippen LogP contribution in [0.1, 0.15) is 24.6 Å². The van der Waals surface area contributed by atoms with Crippen molar-refractivity contribution in [1.29, 1.82) is 0 Å². The molecule has 1 aromatic carbocycles. The number of fused-ring (bicyclic) bond motifs is 1. The number of likely N-dealkylation sites (tertiary alicyclic amines) is 1. The molecule has 3 heteroatoms. The van der Waals surface area contributed by atoms with Crippen LogP contribution in [0.3, 0.4) is 0 Å². The molecule has 1 unspecified atom stereocenters. The number of nitrogens with zero attached hydrogens (tertiary/aromatic N) is 2. The first-order chi connectivity index (χ1) is 10.1. The van der Waals surface area contributed by atoms with Crippen LogP contribution in [0.25, 0.3) is 10.9 Å². The molecule has 2 heterocycles. The van der Waals surface area contributed by atoms with Gasteiger partial charge in [0.05, 0.1) is 5.52 Å². The third-order valence-corrected chi connectivity index (χ3v) is 4.56. The number of pyridine rings is 1. The van der Waals surface area contributed by atoms with Gasteiger partial charge in [-0.1, -0.05) is 25.1 Å². The molecule has 1 atom stereocenters. The van der Waals surface area contributed by atoms with E-state index in [0.717, 1.165) is 24.3 Å². The highest BCUT2D eigenvalue weighted by atomic mass is 15.2. The molecule has 2 aromatic rings. The summed E-state index contributed by atoms with van der Waals surface area (Å²) in [5.41, 5.74) is 4.05. The van der Waals surface area contributed by atoms with Gasteiger partial charge in [-0.25, -0.2) is 0 Å². The van der Waals surface area contributed by atoms with Gasteiger partial charge in [0.2, 0.25) is 0 Å². The Bertz CT molecular complexity index is 637. The van der Waals surface area contributed by atoms with E-state index in [2.05, 4.69) is 59.4 Å². The molecular formula is C18H25N3. The summed E-state index contributed by atoms with van der Waals surface area (Å²) in [6.45, 7) is 8.96. The summed E-state index contributed by atoms with van der Waals surface area (Å²) in [7, 11) is 2.05. The lowest BCUT2D eigenvalue weighted by Gasteiger charge is -2.24. The van der Waals surface area contributed by atoms with Gasteiger partial charge in [0.1, 0.15) is 0 Å². The van der Waals surface area contributed by atoms with Gasteiger partial charge in [0.15, 0.2) is 0 Å². The molecule has 1 N–H and O–H groups in total. The Kier molecular flexibility index (Phi) is 3.96. The van der Waals surface area contributed by atoms with Crippen LogP contribution in [-0.4, -0.2) is 36.6 Å². The molecule has 1 fully saturated rings. The third kappa shape index (κ3) is 3.09. The van der Waals surface area contributed by atoms with Gasteiger partial charge in [-0.3, -0.25) is 9.88 Å². The maximum Gasteiger partial charge on any atom is 0.0708 e. The van der Waals surface area contributed by atoms with Crippen LogP contribution in [0.4, 0.5) is 0 Å². The predicted octanol–water partition coefficient (Wildman–Crippen LogP) is 2.97. The number of aromatic nitrogens is 1. The van der Waals surface area contributed by atoms with E-state index in [-0.39, 0.29) is 0 Å². The molecule has 0 aliphatic carbocycles. The van der Waals surface area contributed by atoms with E-state index >= 15 is 0 Å². The fraction of sp³-hybridized carbons (Fsp3) is 0.500. The molecule has 1 saturated heterocycles. The number of aryl methyl sites for hydroxylation is 1. The molecule has 1 aromatic heterocycles. The topological polar surface area (TPSA) is 28.2 Å². The van der Waals surface area contributed by atoms with Crippen LogP contribution in [-0.2, 0) is 6.54 Å². The van der Waals surface area contributed by atoms with Gasteiger partial charge in [-0.15, -0.1) is 0 Å². The average molecular weight is 283 g/mol. The Morgan fingerprint density at radius 1 is 1.33 bits per heavy atom. The van der Waals surface area contributed by atoms with Gasteiger partial charge in [-0.2, -0.15) is 0 Å². The zero-order valence-electron chi connectivity index (χ0n) is 13.3. The van der Waals surface area contributed by atoms with Crippen LogP contribution in [0.15, 0.2) is 30.3 Å². The lowest BCUT2D eigenvalue weighted by atomic mass is 9.90. The molecule has 112 valence electrons. The quantitative estimate of drug-likeness (QED) is 0.935. The summed E-state index contributed by atoms with van der Waals surface area (Å²) in [5, 5.41) is 4.63. The molecule has 1 aliphatic rings. The van der Waals surface area contributed by atoms with Crippen LogP contribution in [0, 0.1) is 12.3 Å².